The van der Waals surface area contributed by atoms with E-state index in [-0.39, 0.29) is 0 Å². The molecule has 0 bridgehead atoms. The minimum atomic E-state index is -1.49. The molecular formula is C24H51O9P. The van der Waals surface area contributed by atoms with E-state index in [1.165, 1.54) is 0 Å². The van der Waals surface area contributed by atoms with Crippen LogP contribution >= 0.6 is 8.60 Å². The average molecular weight is 515 g/mol. The van der Waals surface area contributed by atoms with Crippen LogP contribution in [0.25, 0.3) is 0 Å². The summed E-state index contributed by atoms with van der Waals surface area (Å²) < 4.78 is 50.2. The van der Waals surface area contributed by atoms with Crippen molar-refractivity contribution in [2.24, 2.45) is 0 Å². The Morgan fingerprint density at radius 1 is 0.324 bits per heavy atom. The van der Waals surface area contributed by atoms with Crippen LogP contribution in [0.2, 0.25) is 0 Å². The van der Waals surface area contributed by atoms with E-state index in [4.69, 9.17) is 42.0 Å². The summed E-state index contributed by atoms with van der Waals surface area (Å²) in [7, 11) is -1.49. The molecule has 0 N–H and O–H groups in total. The van der Waals surface area contributed by atoms with Crippen molar-refractivity contribution in [2.45, 2.75) is 59.3 Å². The second-order valence-corrected chi connectivity index (χ2v) is 8.68. The van der Waals surface area contributed by atoms with Gasteiger partial charge in [0, 0.05) is 19.8 Å². The molecule has 0 amide bonds. The molecule has 0 aliphatic rings. The minimum absolute atomic E-state index is 0.388. The second-order valence-electron chi connectivity index (χ2n) is 7.46. The first-order chi connectivity index (χ1) is 16.8. The van der Waals surface area contributed by atoms with Crippen LogP contribution < -0.4 is 0 Å². The molecular weight excluding hydrogens is 463 g/mol. The van der Waals surface area contributed by atoms with E-state index in [2.05, 4.69) is 20.8 Å². The maximum atomic E-state index is 5.73. The summed E-state index contributed by atoms with van der Waals surface area (Å²) in [5.74, 6) is 0. The van der Waals surface area contributed by atoms with Gasteiger partial charge in [0.15, 0.2) is 0 Å². The molecule has 0 saturated carbocycles. The first kappa shape index (κ1) is 34.1. The quantitative estimate of drug-likeness (QED) is 0.0995. The van der Waals surface area contributed by atoms with Gasteiger partial charge in [-0.25, -0.2) is 0 Å². The van der Waals surface area contributed by atoms with Crippen molar-refractivity contribution in [1.82, 2.24) is 0 Å². The van der Waals surface area contributed by atoms with Crippen molar-refractivity contribution in [1.29, 1.82) is 0 Å². The van der Waals surface area contributed by atoms with Crippen LogP contribution in [0.4, 0.5) is 0 Å². The van der Waals surface area contributed by atoms with Gasteiger partial charge in [0.1, 0.15) is 0 Å². The van der Waals surface area contributed by atoms with Crippen LogP contribution in [-0.4, -0.2) is 99.1 Å². The summed E-state index contributed by atoms with van der Waals surface area (Å²) in [6, 6.07) is 0. The Morgan fingerprint density at radius 3 is 0.824 bits per heavy atom. The van der Waals surface area contributed by atoms with Gasteiger partial charge in [0.05, 0.1) is 79.3 Å². The molecule has 0 saturated heterocycles. The van der Waals surface area contributed by atoms with Crippen molar-refractivity contribution in [3.05, 3.63) is 0 Å². The molecule has 0 atom stereocenters. The average Bonchev–Trinajstić information content (AvgIpc) is 2.85. The van der Waals surface area contributed by atoms with Crippen molar-refractivity contribution in [3.63, 3.8) is 0 Å². The zero-order valence-corrected chi connectivity index (χ0v) is 22.9. The third-order valence-electron chi connectivity index (χ3n) is 4.32. The highest BCUT2D eigenvalue weighted by Gasteiger charge is 2.12. The van der Waals surface area contributed by atoms with Gasteiger partial charge in [-0.2, -0.15) is 0 Å². The van der Waals surface area contributed by atoms with E-state index < -0.39 is 8.60 Å². The molecule has 0 spiro atoms. The number of unbranched alkanes of at least 4 members (excludes halogenated alkanes) is 3. The van der Waals surface area contributed by atoms with E-state index in [1.54, 1.807) is 0 Å². The largest absolute Gasteiger partial charge is 0.379 e. The lowest BCUT2D eigenvalue weighted by atomic mass is 10.4. The van der Waals surface area contributed by atoms with E-state index in [1.807, 2.05) is 0 Å². The van der Waals surface area contributed by atoms with Crippen molar-refractivity contribution >= 4 is 8.60 Å². The molecule has 206 valence electrons. The Hall–Kier alpha value is 0.0700. The van der Waals surface area contributed by atoms with E-state index >= 15 is 0 Å². The number of rotatable bonds is 30. The normalized spacial score (nSPS) is 11.6. The number of hydrogen-bond donors (Lipinski definition) is 0. The highest BCUT2D eigenvalue weighted by Crippen LogP contribution is 2.39. The number of ether oxygens (including phenoxy) is 6. The fraction of sp³-hybridized carbons (Fsp3) is 1.00. The van der Waals surface area contributed by atoms with Crippen molar-refractivity contribution in [3.8, 4) is 0 Å². The van der Waals surface area contributed by atoms with Gasteiger partial charge in [-0.05, 0) is 19.3 Å². The van der Waals surface area contributed by atoms with Crippen LogP contribution in [-0.2, 0) is 42.0 Å². The molecule has 0 aliphatic carbocycles. The molecule has 34 heavy (non-hydrogen) atoms. The zero-order valence-electron chi connectivity index (χ0n) is 22.0. The first-order valence-electron chi connectivity index (χ1n) is 13.0. The van der Waals surface area contributed by atoms with E-state index in [0.29, 0.717) is 79.3 Å². The summed E-state index contributed by atoms with van der Waals surface area (Å²) in [6.45, 7) is 14.8. The predicted molar refractivity (Wildman–Crippen MR) is 134 cm³/mol. The fourth-order valence-corrected chi connectivity index (χ4v) is 3.22. The predicted octanol–water partition coefficient (Wildman–Crippen LogP) is 4.76. The van der Waals surface area contributed by atoms with Crippen LogP contribution in [0.15, 0.2) is 0 Å². The zero-order chi connectivity index (χ0) is 24.8. The van der Waals surface area contributed by atoms with Crippen molar-refractivity contribution in [2.75, 3.05) is 99.1 Å². The summed E-state index contributed by atoms with van der Waals surface area (Å²) in [5.41, 5.74) is 0. The molecule has 0 aliphatic heterocycles. The third kappa shape index (κ3) is 28.3. The van der Waals surface area contributed by atoms with Crippen LogP contribution in [0, 0.1) is 0 Å². The van der Waals surface area contributed by atoms with Gasteiger partial charge < -0.3 is 42.0 Å². The van der Waals surface area contributed by atoms with Gasteiger partial charge in [0.2, 0.25) is 0 Å². The third-order valence-corrected chi connectivity index (χ3v) is 5.50. The molecule has 0 aromatic carbocycles. The van der Waals surface area contributed by atoms with Gasteiger partial charge in [-0.3, -0.25) is 0 Å². The molecule has 9 nitrogen and oxygen atoms in total. The van der Waals surface area contributed by atoms with E-state index in [0.717, 1.165) is 58.3 Å². The summed E-state index contributed by atoms with van der Waals surface area (Å²) in [4.78, 5) is 0. The lowest BCUT2D eigenvalue weighted by molar-refractivity contribution is 0.0156. The van der Waals surface area contributed by atoms with Crippen molar-refractivity contribution < 1.29 is 42.0 Å². The molecule has 0 unspecified atom stereocenters. The first-order valence-corrected chi connectivity index (χ1v) is 14.1. The van der Waals surface area contributed by atoms with Crippen LogP contribution in [0.3, 0.4) is 0 Å². The monoisotopic (exact) mass is 514 g/mol. The maximum absolute atomic E-state index is 5.73. The molecule has 0 rings (SSSR count). The van der Waals surface area contributed by atoms with Gasteiger partial charge >= 0.3 is 8.60 Å². The highest BCUT2D eigenvalue weighted by molar-refractivity contribution is 7.41. The summed E-state index contributed by atoms with van der Waals surface area (Å²) in [5, 5.41) is 0. The molecule has 0 radical (unpaired) electrons. The lowest BCUT2D eigenvalue weighted by Crippen LogP contribution is -2.13. The Bertz CT molecular complexity index is 315. The maximum Gasteiger partial charge on any atom is 0.332 e. The van der Waals surface area contributed by atoms with Crippen LogP contribution in [0.5, 0.6) is 0 Å². The SMILES string of the molecule is CCCCOCCOCCOP(OCCOCCOCCCC)OCCOCCOCCCC. The summed E-state index contributed by atoms with van der Waals surface area (Å²) >= 11 is 0. The highest BCUT2D eigenvalue weighted by atomic mass is 31.2. The Kier molecular flexibility index (Phi) is 31.2. The second kappa shape index (κ2) is 31.1. The fourth-order valence-electron chi connectivity index (χ4n) is 2.33. The Morgan fingerprint density at radius 2 is 0.559 bits per heavy atom. The minimum Gasteiger partial charge on any atom is -0.379 e. The molecule has 0 heterocycles. The molecule has 0 aromatic heterocycles. The number of hydrogen-bond acceptors (Lipinski definition) is 9. The van der Waals surface area contributed by atoms with Gasteiger partial charge in [0.25, 0.3) is 0 Å². The summed E-state index contributed by atoms with van der Waals surface area (Å²) in [6.07, 6.45) is 6.63. The van der Waals surface area contributed by atoms with Gasteiger partial charge in [-0.1, -0.05) is 40.0 Å². The standard InChI is InChI=1S/C24H51O9P/c1-4-7-10-25-13-16-28-19-22-31-34(32-23-20-29-17-14-26-11-8-5-2)33-24-21-30-18-15-27-12-9-6-3/h4-24H2,1-3H3. The molecule has 0 fully saturated rings. The van der Waals surface area contributed by atoms with Gasteiger partial charge in [-0.15, -0.1) is 0 Å². The topological polar surface area (TPSA) is 83.1 Å². The van der Waals surface area contributed by atoms with Crippen LogP contribution in [0.1, 0.15) is 59.3 Å². The van der Waals surface area contributed by atoms with E-state index in [9.17, 15) is 0 Å². The molecule has 0 aromatic rings. The Labute approximate surface area is 209 Å². The smallest absolute Gasteiger partial charge is 0.332 e. The molecule has 10 heteroatoms. The lowest BCUT2D eigenvalue weighted by Gasteiger charge is -2.17. The Balaban J connectivity index is 3.85.